The SMILES string of the molecule is Cc1ccc(-c2noc(-c3ccccc3OCC(=O)NC[C@H]3CCCO3)n2)cc1. The first-order valence-corrected chi connectivity index (χ1v) is 9.70. The molecule has 0 radical (unpaired) electrons. The first-order chi connectivity index (χ1) is 14.2. The largest absolute Gasteiger partial charge is 0.483 e. The van der Waals surface area contributed by atoms with Gasteiger partial charge in [0.2, 0.25) is 5.82 Å². The van der Waals surface area contributed by atoms with Gasteiger partial charge in [-0.3, -0.25) is 4.79 Å². The third-order valence-corrected chi connectivity index (χ3v) is 4.76. The van der Waals surface area contributed by atoms with Crippen LogP contribution in [0.3, 0.4) is 0 Å². The van der Waals surface area contributed by atoms with Crippen LogP contribution in [-0.2, 0) is 9.53 Å². The number of rotatable bonds is 7. The summed E-state index contributed by atoms with van der Waals surface area (Å²) in [5.41, 5.74) is 2.68. The lowest BCUT2D eigenvalue weighted by molar-refractivity contribution is -0.123. The monoisotopic (exact) mass is 393 g/mol. The van der Waals surface area contributed by atoms with Crippen LogP contribution in [0.25, 0.3) is 22.8 Å². The van der Waals surface area contributed by atoms with E-state index in [2.05, 4.69) is 15.5 Å². The second-order valence-electron chi connectivity index (χ2n) is 7.01. The van der Waals surface area contributed by atoms with Gasteiger partial charge in [0.1, 0.15) is 5.75 Å². The number of ether oxygens (including phenoxy) is 2. The normalized spacial score (nSPS) is 16.0. The third kappa shape index (κ3) is 4.81. The molecule has 2 aromatic carbocycles. The average molecular weight is 393 g/mol. The number of nitrogens with one attached hydrogen (secondary N) is 1. The van der Waals surface area contributed by atoms with E-state index in [-0.39, 0.29) is 18.6 Å². The Balaban J connectivity index is 1.41. The van der Waals surface area contributed by atoms with E-state index < -0.39 is 0 Å². The number of hydrogen-bond acceptors (Lipinski definition) is 6. The lowest BCUT2D eigenvalue weighted by Crippen LogP contribution is -2.35. The Kier molecular flexibility index (Phi) is 5.86. The molecule has 3 aromatic rings. The molecule has 1 aliphatic heterocycles. The van der Waals surface area contributed by atoms with Crippen LogP contribution in [0, 0.1) is 6.92 Å². The van der Waals surface area contributed by atoms with Crippen molar-refractivity contribution in [1.29, 1.82) is 0 Å². The summed E-state index contributed by atoms with van der Waals surface area (Å²) in [5.74, 6) is 1.17. The topological polar surface area (TPSA) is 86.5 Å². The standard InChI is InChI=1S/C22H23N3O4/c1-15-8-10-16(11-9-15)21-24-22(29-25-21)18-6-2-3-7-19(18)28-14-20(26)23-13-17-5-4-12-27-17/h2-3,6-11,17H,4-5,12-14H2,1H3,(H,23,26)/t17-/m1/s1. The molecule has 1 amide bonds. The average Bonchev–Trinajstić information content (AvgIpc) is 3.44. The van der Waals surface area contributed by atoms with E-state index in [1.54, 1.807) is 6.07 Å². The minimum Gasteiger partial charge on any atom is -0.483 e. The highest BCUT2D eigenvalue weighted by molar-refractivity contribution is 5.78. The van der Waals surface area contributed by atoms with Crippen LogP contribution >= 0.6 is 0 Å². The molecular weight excluding hydrogens is 370 g/mol. The molecule has 7 nitrogen and oxygen atoms in total. The maximum absolute atomic E-state index is 12.1. The second-order valence-corrected chi connectivity index (χ2v) is 7.01. The molecule has 2 heterocycles. The Morgan fingerprint density at radius 2 is 2.03 bits per heavy atom. The fourth-order valence-corrected chi connectivity index (χ4v) is 3.15. The van der Waals surface area contributed by atoms with Crippen LogP contribution in [0.2, 0.25) is 0 Å². The van der Waals surface area contributed by atoms with Gasteiger partial charge in [-0.15, -0.1) is 0 Å². The minimum absolute atomic E-state index is 0.0946. The predicted octanol–water partition coefficient (Wildman–Crippen LogP) is 3.39. The molecule has 1 aliphatic rings. The van der Waals surface area contributed by atoms with Crippen LogP contribution in [0.1, 0.15) is 18.4 Å². The molecular formula is C22H23N3O4. The summed E-state index contributed by atoms with van der Waals surface area (Å²) in [7, 11) is 0. The zero-order valence-electron chi connectivity index (χ0n) is 16.3. The van der Waals surface area contributed by atoms with E-state index in [1.807, 2.05) is 49.4 Å². The molecule has 0 saturated carbocycles. The highest BCUT2D eigenvalue weighted by atomic mass is 16.5. The number of aromatic nitrogens is 2. The zero-order valence-corrected chi connectivity index (χ0v) is 16.3. The molecule has 150 valence electrons. The molecule has 1 aromatic heterocycles. The Morgan fingerprint density at radius 1 is 1.21 bits per heavy atom. The van der Waals surface area contributed by atoms with Crippen molar-refractivity contribution in [2.45, 2.75) is 25.9 Å². The number of benzene rings is 2. The first-order valence-electron chi connectivity index (χ1n) is 9.70. The molecule has 1 saturated heterocycles. The van der Waals surface area contributed by atoms with Gasteiger partial charge in [0.15, 0.2) is 6.61 Å². The van der Waals surface area contributed by atoms with Crippen LogP contribution in [0.5, 0.6) is 5.75 Å². The molecule has 1 atom stereocenters. The molecule has 0 unspecified atom stereocenters. The molecule has 1 fully saturated rings. The maximum Gasteiger partial charge on any atom is 0.262 e. The Morgan fingerprint density at radius 3 is 2.83 bits per heavy atom. The van der Waals surface area contributed by atoms with Crippen LogP contribution in [0.4, 0.5) is 0 Å². The van der Waals surface area contributed by atoms with Gasteiger partial charge in [-0.2, -0.15) is 4.98 Å². The van der Waals surface area contributed by atoms with Crippen molar-refractivity contribution < 1.29 is 18.8 Å². The van der Waals surface area contributed by atoms with Gasteiger partial charge in [-0.25, -0.2) is 0 Å². The van der Waals surface area contributed by atoms with Crippen molar-refractivity contribution in [3.63, 3.8) is 0 Å². The van der Waals surface area contributed by atoms with Crippen molar-refractivity contribution in [3.05, 3.63) is 54.1 Å². The summed E-state index contributed by atoms with van der Waals surface area (Å²) in [6.07, 6.45) is 2.12. The van der Waals surface area contributed by atoms with Crippen LogP contribution < -0.4 is 10.1 Å². The number of aryl methyl sites for hydroxylation is 1. The van der Waals surface area contributed by atoms with E-state index in [9.17, 15) is 4.79 Å². The fraction of sp³-hybridized carbons (Fsp3) is 0.318. The Bertz CT molecular complexity index is 962. The molecule has 4 rings (SSSR count). The van der Waals surface area contributed by atoms with Crippen molar-refractivity contribution in [2.75, 3.05) is 19.8 Å². The predicted molar refractivity (Wildman–Crippen MR) is 107 cm³/mol. The number of hydrogen-bond donors (Lipinski definition) is 1. The Hall–Kier alpha value is -3.19. The lowest BCUT2D eigenvalue weighted by Gasteiger charge is -2.12. The maximum atomic E-state index is 12.1. The molecule has 0 aliphatic carbocycles. The summed E-state index contributed by atoms with van der Waals surface area (Å²) < 4.78 is 16.7. The summed E-state index contributed by atoms with van der Waals surface area (Å²) >= 11 is 0. The van der Waals surface area contributed by atoms with E-state index in [0.29, 0.717) is 29.6 Å². The summed E-state index contributed by atoms with van der Waals surface area (Å²) in [4.78, 5) is 16.6. The molecule has 1 N–H and O–H groups in total. The quantitative estimate of drug-likeness (QED) is 0.662. The summed E-state index contributed by atoms with van der Waals surface area (Å²) in [6.45, 7) is 3.20. The van der Waals surface area contributed by atoms with E-state index in [1.165, 1.54) is 0 Å². The smallest absolute Gasteiger partial charge is 0.262 e. The van der Waals surface area contributed by atoms with Gasteiger partial charge in [-0.1, -0.05) is 47.1 Å². The van der Waals surface area contributed by atoms with E-state index >= 15 is 0 Å². The fourth-order valence-electron chi connectivity index (χ4n) is 3.15. The van der Waals surface area contributed by atoms with E-state index in [4.69, 9.17) is 14.0 Å². The zero-order chi connectivity index (χ0) is 20.1. The molecule has 29 heavy (non-hydrogen) atoms. The summed E-state index contributed by atoms with van der Waals surface area (Å²) in [5, 5.41) is 6.91. The number of amides is 1. The number of para-hydroxylation sites is 1. The minimum atomic E-state index is -0.193. The van der Waals surface area contributed by atoms with Gasteiger partial charge in [-0.05, 0) is 31.9 Å². The van der Waals surface area contributed by atoms with Gasteiger partial charge >= 0.3 is 0 Å². The lowest BCUT2D eigenvalue weighted by atomic mass is 10.1. The first kappa shape index (κ1) is 19.1. The highest BCUT2D eigenvalue weighted by Gasteiger charge is 2.18. The molecule has 7 heteroatoms. The van der Waals surface area contributed by atoms with Gasteiger partial charge < -0.3 is 19.3 Å². The number of carbonyl (C=O) groups is 1. The second kappa shape index (κ2) is 8.87. The van der Waals surface area contributed by atoms with Gasteiger partial charge in [0.25, 0.3) is 11.8 Å². The number of nitrogens with zero attached hydrogens (tertiary/aromatic N) is 2. The van der Waals surface area contributed by atoms with E-state index in [0.717, 1.165) is 30.6 Å². The van der Waals surface area contributed by atoms with Gasteiger partial charge in [0, 0.05) is 18.7 Å². The summed E-state index contributed by atoms with van der Waals surface area (Å²) in [6, 6.07) is 15.2. The van der Waals surface area contributed by atoms with Crippen molar-refractivity contribution in [1.82, 2.24) is 15.5 Å². The van der Waals surface area contributed by atoms with Crippen LogP contribution in [-0.4, -0.2) is 41.9 Å². The number of carbonyl (C=O) groups excluding carboxylic acids is 1. The van der Waals surface area contributed by atoms with Crippen molar-refractivity contribution in [2.24, 2.45) is 0 Å². The third-order valence-electron chi connectivity index (χ3n) is 4.76. The van der Waals surface area contributed by atoms with Gasteiger partial charge in [0.05, 0.1) is 11.7 Å². The van der Waals surface area contributed by atoms with Crippen molar-refractivity contribution >= 4 is 5.91 Å². The van der Waals surface area contributed by atoms with Crippen molar-refractivity contribution in [3.8, 4) is 28.6 Å². The molecule has 0 bridgehead atoms. The molecule has 0 spiro atoms. The van der Waals surface area contributed by atoms with Crippen LogP contribution in [0.15, 0.2) is 53.1 Å². The Labute approximate surface area is 169 Å². The highest BCUT2D eigenvalue weighted by Crippen LogP contribution is 2.30.